The molecule has 0 aliphatic carbocycles. The van der Waals surface area contributed by atoms with Crippen LogP contribution in [0.5, 0.6) is 0 Å². The minimum atomic E-state index is -1.55. The van der Waals surface area contributed by atoms with Crippen molar-refractivity contribution in [3.05, 3.63) is 0 Å². The van der Waals surface area contributed by atoms with Crippen LogP contribution in [0, 0.1) is 0 Å². The summed E-state index contributed by atoms with van der Waals surface area (Å²) < 4.78 is 28.1. The highest BCUT2D eigenvalue weighted by Gasteiger charge is 2.67. The van der Waals surface area contributed by atoms with E-state index >= 15 is 0 Å². The maximum Gasteiger partial charge on any atom is 0.192 e. The van der Waals surface area contributed by atoms with Gasteiger partial charge in [0, 0.05) is 0 Å². The lowest BCUT2D eigenvalue weighted by Gasteiger charge is -2.34. The first-order valence-electron chi connectivity index (χ1n) is 8.46. The Labute approximate surface area is 145 Å². The zero-order valence-corrected chi connectivity index (χ0v) is 14.7. The van der Waals surface area contributed by atoms with Gasteiger partial charge in [-0.3, -0.25) is 0 Å². The molecule has 0 aromatic heterocycles. The molecular weight excluding hydrogens is 336 g/mol. The van der Waals surface area contributed by atoms with Gasteiger partial charge in [-0.1, -0.05) is 0 Å². The highest BCUT2D eigenvalue weighted by Crippen LogP contribution is 2.47. The van der Waals surface area contributed by atoms with Crippen molar-refractivity contribution in [2.45, 2.75) is 87.1 Å². The second-order valence-corrected chi connectivity index (χ2v) is 8.54. The predicted octanol–water partition coefficient (Wildman–Crippen LogP) is -1.75. The zero-order valence-electron chi connectivity index (χ0n) is 14.7. The number of aliphatic hydroxyl groups is 4. The average molecular weight is 362 g/mol. The summed E-state index contributed by atoms with van der Waals surface area (Å²) in [5.74, 6) is 0. The molecule has 0 saturated carbocycles. The van der Waals surface area contributed by atoms with Gasteiger partial charge in [-0.15, -0.1) is 0 Å². The Morgan fingerprint density at radius 3 is 1.36 bits per heavy atom. The fourth-order valence-electron chi connectivity index (χ4n) is 4.16. The van der Waals surface area contributed by atoms with E-state index in [-0.39, 0.29) is 13.2 Å². The van der Waals surface area contributed by atoms with Crippen LogP contribution in [-0.4, -0.2) is 93.0 Å². The van der Waals surface area contributed by atoms with E-state index in [0.717, 1.165) is 0 Å². The van der Waals surface area contributed by atoms with E-state index in [1.165, 1.54) is 13.8 Å². The van der Waals surface area contributed by atoms with Crippen molar-refractivity contribution in [3.63, 3.8) is 0 Å². The van der Waals surface area contributed by atoms with Gasteiger partial charge in [-0.2, -0.15) is 0 Å². The molecule has 25 heavy (non-hydrogen) atoms. The Balaban J connectivity index is 1.53. The molecule has 0 spiro atoms. The normalized spacial score (nSPS) is 63.8. The van der Waals surface area contributed by atoms with E-state index in [1.54, 1.807) is 13.8 Å². The van der Waals surface area contributed by atoms with E-state index < -0.39 is 59.4 Å². The predicted molar refractivity (Wildman–Crippen MR) is 80.4 cm³/mol. The molecule has 10 atom stereocenters. The molecule has 0 aromatic rings. The van der Waals surface area contributed by atoms with Gasteiger partial charge in [0.25, 0.3) is 0 Å². The molecule has 0 aromatic carbocycles. The third-order valence-corrected chi connectivity index (χ3v) is 5.78. The first kappa shape index (κ1) is 18.0. The molecule has 144 valence electrons. The lowest BCUT2D eigenvalue weighted by atomic mass is 9.91. The van der Waals surface area contributed by atoms with Gasteiger partial charge in [-0.05, 0) is 27.7 Å². The fourth-order valence-corrected chi connectivity index (χ4v) is 4.16. The summed E-state index contributed by atoms with van der Waals surface area (Å²) in [6.07, 6.45) is -5.44. The van der Waals surface area contributed by atoms with E-state index in [4.69, 9.17) is 23.7 Å². The van der Waals surface area contributed by atoms with E-state index in [1.807, 2.05) is 0 Å². The van der Waals surface area contributed by atoms with Crippen LogP contribution in [0.3, 0.4) is 0 Å². The molecule has 4 heterocycles. The second-order valence-electron chi connectivity index (χ2n) is 8.54. The summed E-state index contributed by atoms with van der Waals surface area (Å²) in [5, 5.41) is 42.2. The SMILES string of the molecule is C[C@]1(O)CO[C@H]2[C@@H]1OC(OC1O[C@H]3[C@H](OC[C@]3(C)O)[C@@]1(C)O)[C@]2(C)O. The van der Waals surface area contributed by atoms with Crippen molar-refractivity contribution in [1.29, 1.82) is 0 Å². The summed E-state index contributed by atoms with van der Waals surface area (Å²) in [4.78, 5) is 0. The number of ether oxygens (including phenoxy) is 5. The Kier molecular flexibility index (Phi) is 3.69. The van der Waals surface area contributed by atoms with Crippen LogP contribution in [0.25, 0.3) is 0 Å². The summed E-state index contributed by atoms with van der Waals surface area (Å²) >= 11 is 0. The summed E-state index contributed by atoms with van der Waals surface area (Å²) in [5.41, 5.74) is -5.61. The molecule has 4 rings (SSSR count). The van der Waals surface area contributed by atoms with Crippen LogP contribution in [-0.2, 0) is 23.7 Å². The highest BCUT2D eigenvalue weighted by molar-refractivity contribution is 5.11. The molecule has 4 fully saturated rings. The Morgan fingerprint density at radius 1 is 0.680 bits per heavy atom. The third-order valence-electron chi connectivity index (χ3n) is 5.78. The number of hydrogen-bond acceptors (Lipinski definition) is 9. The highest BCUT2D eigenvalue weighted by atomic mass is 16.8. The van der Waals surface area contributed by atoms with Gasteiger partial charge < -0.3 is 44.1 Å². The quantitative estimate of drug-likeness (QED) is 0.452. The number of hydrogen-bond donors (Lipinski definition) is 4. The van der Waals surface area contributed by atoms with E-state index in [9.17, 15) is 20.4 Å². The fraction of sp³-hybridized carbons (Fsp3) is 1.00. The summed E-state index contributed by atoms with van der Waals surface area (Å²) in [6.45, 7) is 6.19. The molecule has 0 radical (unpaired) electrons. The minimum absolute atomic E-state index is 0.0453. The standard InChI is InChI=1S/C16H26O9/c1-13(17)5-21-9-7(13)23-11(15(9,3)19)25-12-16(4,20)10-8(24-12)14(2,18)6-22-10/h7-12,17-20H,5-6H2,1-4H3/t7-,8-,9-,10-,11?,12?,13-,14-,15+,16+/m0/s1. The van der Waals surface area contributed by atoms with Gasteiger partial charge in [0.15, 0.2) is 12.6 Å². The van der Waals surface area contributed by atoms with Gasteiger partial charge >= 0.3 is 0 Å². The van der Waals surface area contributed by atoms with Crippen molar-refractivity contribution < 1.29 is 44.1 Å². The van der Waals surface area contributed by atoms with Crippen LogP contribution in [0.15, 0.2) is 0 Å². The largest absolute Gasteiger partial charge is 0.385 e. The molecule has 0 bridgehead atoms. The maximum absolute atomic E-state index is 10.8. The average Bonchev–Trinajstić information content (AvgIpc) is 3.10. The lowest BCUT2D eigenvalue weighted by Crippen LogP contribution is -2.52. The van der Waals surface area contributed by atoms with Crippen molar-refractivity contribution in [2.75, 3.05) is 13.2 Å². The van der Waals surface area contributed by atoms with Crippen LogP contribution in [0.4, 0.5) is 0 Å². The summed E-state index contributed by atoms with van der Waals surface area (Å²) in [6, 6.07) is 0. The monoisotopic (exact) mass is 362 g/mol. The third kappa shape index (κ3) is 2.42. The molecule has 4 N–H and O–H groups in total. The van der Waals surface area contributed by atoms with E-state index in [2.05, 4.69) is 0 Å². The molecule has 4 saturated heterocycles. The molecule has 4 aliphatic heterocycles. The van der Waals surface area contributed by atoms with E-state index in [0.29, 0.717) is 0 Å². The van der Waals surface area contributed by atoms with Gasteiger partial charge in [0.05, 0.1) is 13.2 Å². The molecule has 4 aliphatic rings. The number of rotatable bonds is 2. The Hall–Kier alpha value is -0.360. The van der Waals surface area contributed by atoms with Crippen LogP contribution >= 0.6 is 0 Å². The minimum Gasteiger partial charge on any atom is -0.385 e. The zero-order chi connectivity index (χ0) is 18.4. The Morgan fingerprint density at radius 2 is 1.04 bits per heavy atom. The van der Waals surface area contributed by atoms with Crippen molar-refractivity contribution in [1.82, 2.24) is 0 Å². The first-order valence-corrected chi connectivity index (χ1v) is 8.46. The van der Waals surface area contributed by atoms with Gasteiger partial charge in [0.1, 0.15) is 46.8 Å². The smallest absolute Gasteiger partial charge is 0.192 e. The molecule has 0 amide bonds. The molecular formula is C16H26O9. The lowest BCUT2D eigenvalue weighted by molar-refractivity contribution is -0.315. The van der Waals surface area contributed by atoms with Gasteiger partial charge in [-0.25, -0.2) is 0 Å². The molecule has 9 heteroatoms. The van der Waals surface area contributed by atoms with Crippen LogP contribution in [0.1, 0.15) is 27.7 Å². The first-order chi connectivity index (χ1) is 11.4. The van der Waals surface area contributed by atoms with Crippen LogP contribution in [0.2, 0.25) is 0 Å². The second kappa shape index (κ2) is 5.12. The van der Waals surface area contributed by atoms with Crippen LogP contribution < -0.4 is 0 Å². The maximum atomic E-state index is 10.8. The van der Waals surface area contributed by atoms with Crippen molar-refractivity contribution in [2.24, 2.45) is 0 Å². The Bertz CT molecular complexity index is 510. The van der Waals surface area contributed by atoms with Crippen molar-refractivity contribution in [3.8, 4) is 0 Å². The molecule has 2 unspecified atom stereocenters. The molecule has 9 nitrogen and oxygen atoms in total. The van der Waals surface area contributed by atoms with Gasteiger partial charge in [0.2, 0.25) is 0 Å². The number of fused-ring (bicyclic) bond motifs is 2. The topological polar surface area (TPSA) is 127 Å². The van der Waals surface area contributed by atoms with Crippen molar-refractivity contribution >= 4 is 0 Å². The summed E-state index contributed by atoms with van der Waals surface area (Å²) in [7, 11) is 0.